The van der Waals surface area contributed by atoms with Gasteiger partial charge in [-0.05, 0) is 38.9 Å². The highest BCUT2D eigenvalue weighted by Gasteiger charge is 2.10. The van der Waals surface area contributed by atoms with E-state index in [1.807, 2.05) is 26.0 Å². The molecule has 98 valence electrons. The molecule has 1 unspecified atom stereocenters. The molecule has 1 aromatic heterocycles. The van der Waals surface area contributed by atoms with Gasteiger partial charge in [-0.15, -0.1) is 0 Å². The van der Waals surface area contributed by atoms with Gasteiger partial charge in [-0.1, -0.05) is 6.92 Å². The fraction of sp³-hybridized carbons (Fsp3) is 0.667. The summed E-state index contributed by atoms with van der Waals surface area (Å²) in [6.07, 6.45) is 0.639. The predicted molar refractivity (Wildman–Crippen MR) is 68.8 cm³/mol. The minimum Gasteiger partial charge on any atom is -0.465 e. The summed E-state index contributed by atoms with van der Waals surface area (Å²) in [6, 6.07) is 3.98. The molecule has 0 fully saturated rings. The minimum atomic E-state index is -2.84. The van der Waals surface area contributed by atoms with E-state index in [-0.39, 0.29) is 17.5 Å². The number of hydrogen-bond donors (Lipinski definition) is 1. The lowest BCUT2D eigenvalue weighted by atomic mass is 10.2. The summed E-state index contributed by atoms with van der Waals surface area (Å²) < 4.78 is 28.0. The van der Waals surface area contributed by atoms with Crippen molar-refractivity contribution in [3.63, 3.8) is 0 Å². The van der Waals surface area contributed by atoms with Crippen LogP contribution in [0.4, 0.5) is 0 Å². The first-order valence-corrected chi connectivity index (χ1v) is 7.77. The van der Waals surface area contributed by atoms with Crippen molar-refractivity contribution in [2.45, 2.75) is 33.2 Å². The van der Waals surface area contributed by atoms with Crippen molar-refractivity contribution < 1.29 is 12.8 Å². The lowest BCUT2D eigenvalue weighted by Gasteiger charge is -2.11. The Bertz CT molecular complexity index is 436. The molecule has 0 aliphatic rings. The Labute approximate surface area is 103 Å². The Morgan fingerprint density at radius 1 is 1.41 bits per heavy atom. The Kier molecular flexibility index (Phi) is 5.21. The van der Waals surface area contributed by atoms with E-state index >= 15 is 0 Å². The highest BCUT2D eigenvalue weighted by molar-refractivity contribution is 7.91. The van der Waals surface area contributed by atoms with E-state index in [1.54, 1.807) is 6.92 Å². The van der Waals surface area contributed by atoms with Gasteiger partial charge in [0.15, 0.2) is 0 Å². The number of hydrogen-bond acceptors (Lipinski definition) is 4. The van der Waals surface area contributed by atoms with Crippen LogP contribution in [0.1, 0.15) is 37.8 Å². The molecule has 1 N–H and O–H groups in total. The van der Waals surface area contributed by atoms with Crippen molar-refractivity contribution in [1.82, 2.24) is 5.32 Å². The van der Waals surface area contributed by atoms with Gasteiger partial charge in [-0.2, -0.15) is 0 Å². The molecule has 1 rings (SSSR count). The van der Waals surface area contributed by atoms with Gasteiger partial charge >= 0.3 is 0 Å². The fourth-order valence-corrected chi connectivity index (χ4v) is 2.41. The molecule has 1 atom stereocenters. The second-order valence-corrected chi connectivity index (χ2v) is 6.69. The van der Waals surface area contributed by atoms with E-state index < -0.39 is 9.84 Å². The molecule has 17 heavy (non-hydrogen) atoms. The molecule has 0 aliphatic carbocycles. The van der Waals surface area contributed by atoms with Gasteiger partial charge in [0, 0.05) is 5.75 Å². The number of sulfone groups is 1. The molecule has 0 bridgehead atoms. The van der Waals surface area contributed by atoms with E-state index in [0.29, 0.717) is 13.0 Å². The average Bonchev–Trinajstić information content (AvgIpc) is 2.71. The molecule has 0 aromatic carbocycles. The second kappa shape index (κ2) is 6.21. The Morgan fingerprint density at radius 3 is 2.65 bits per heavy atom. The van der Waals surface area contributed by atoms with E-state index in [1.165, 1.54) is 0 Å². The molecule has 1 aromatic rings. The largest absolute Gasteiger partial charge is 0.465 e. The fourth-order valence-electron chi connectivity index (χ4n) is 1.54. The van der Waals surface area contributed by atoms with Gasteiger partial charge in [0.05, 0.1) is 11.8 Å². The highest BCUT2D eigenvalue weighted by Crippen LogP contribution is 2.15. The number of furan rings is 1. The molecule has 1 heterocycles. The second-order valence-electron chi connectivity index (χ2n) is 4.21. The van der Waals surface area contributed by atoms with Crippen molar-refractivity contribution in [2.75, 3.05) is 18.1 Å². The van der Waals surface area contributed by atoms with Crippen LogP contribution in [0.3, 0.4) is 0 Å². The van der Waals surface area contributed by atoms with Gasteiger partial charge in [0.2, 0.25) is 0 Å². The molecule has 0 saturated carbocycles. The summed E-state index contributed by atoms with van der Waals surface area (Å²) in [7, 11) is -2.84. The standard InChI is InChI=1S/C12H21NO3S/c1-4-17(14,15)9-5-8-13-11(3)12-7-6-10(2)16-12/h6-7,11,13H,4-5,8-9H2,1-3H3. The minimum absolute atomic E-state index is 0.119. The smallest absolute Gasteiger partial charge is 0.150 e. The van der Waals surface area contributed by atoms with E-state index in [2.05, 4.69) is 5.32 Å². The third-order valence-corrected chi connectivity index (χ3v) is 4.50. The van der Waals surface area contributed by atoms with Crippen LogP contribution in [0.15, 0.2) is 16.5 Å². The van der Waals surface area contributed by atoms with Crippen molar-refractivity contribution >= 4 is 9.84 Å². The average molecular weight is 259 g/mol. The maximum Gasteiger partial charge on any atom is 0.150 e. The number of nitrogens with one attached hydrogen (secondary N) is 1. The van der Waals surface area contributed by atoms with Gasteiger partial charge in [0.1, 0.15) is 21.4 Å². The first kappa shape index (κ1) is 14.3. The molecule has 4 nitrogen and oxygen atoms in total. The van der Waals surface area contributed by atoms with Crippen molar-refractivity contribution in [1.29, 1.82) is 0 Å². The van der Waals surface area contributed by atoms with Crippen molar-refractivity contribution in [3.05, 3.63) is 23.7 Å². The van der Waals surface area contributed by atoms with E-state index in [9.17, 15) is 8.42 Å². The van der Waals surface area contributed by atoms with Gasteiger partial charge in [-0.3, -0.25) is 0 Å². The third kappa shape index (κ3) is 4.91. The normalized spacial score (nSPS) is 13.8. The lowest BCUT2D eigenvalue weighted by Crippen LogP contribution is -2.22. The molecule has 0 saturated heterocycles. The lowest BCUT2D eigenvalue weighted by molar-refractivity contribution is 0.417. The zero-order valence-electron chi connectivity index (χ0n) is 10.7. The summed E-state index contributed by atoms with van der Waals surface area (Å²) >= 11 is 0. The van der Waals surface area contributed by atoms with Crippen LogP contribution in [0, 0.1) is 6.92 Å². The van der Waals surface area contributed by atoms with Crippen molar-refractivity contribution in [2.24, 2.45) is 0 Å². The van der Waals surface area contributed by atoms with Crippen LogP contribution in [0.2, 0.25) is 0 Å². The SMILES string of the molecule is CCS(=O)(=O)CCCNC(C)c1ccc(C)o1. The summed E-state index contributed by atoms with van der Waals surface area (Å²) in [5.41, 5.74) is 0. The van der Waals surface area contributed by atoms with Crippen LogP contribution >= 0.6 is 0 Å². The summed E-state index contributed by atoms with van der Waals surface area (Å²) in [5.74, 6) is 2.25. The first-order valence-electron chi connectivity index (χ1n) is 5.94. The number of aryl methyl sites for hydroxylation is 1. The van der Waals surface area contributed by atoms with Crippen LogP contribution in [-0.2, 0) is 9.84 Å². The molecular weight excluding hydrogens is 238 g/mol. The van der Waals surface area contributed by atoms with E-state index in [0.717, 1.165) is 11.5 Å². The maximum atomic E-state index is 11.3. The Hall–Kier alpha value is -0.810. The molecule has 0 amide bonds. The van der Waals surface area contributed by atoms with Crippen molar-refractivity contribution in [3.8, 4) is 0 Å². The summed E-state index contributed by atoms with van der Waals surface area (Å²) in [6.45, 7) is 6.27. The Morgan fingerprint density at radius 2 is 2.12 bits per heavy atom. The maximum absolute atomic E-state index is 11.3. The summed E-state index contributed by atoms with van der Waals surface area (Å²) in [4.78, 5) is 0. The predicted octanol–water partition coefficient (Wildman–Crippen LogP) is 2.06. The monoisotopic (exact) mass is 259 g/mol. The van der Waals surface area contributed by atoms with Gasteiger partial charge in [0.25, 0.3) is 0 Å². The van der Waals surface area contributed by atoms with Crippen LogP contribution in [-0.4, -0.2) is 26.5 Å². The van der Waals surface area contributed by atoms with Gasteiger partial charge in [-0.25, -0.2) is 8.42 Å². The molecule has 0 aliphatic heterocycles. The summed E-state index contributed by atoms with van der Waals surface area (Å²) in [5, 5.41) is 3.25. The zero-order chi connectivity index (χ0) is 12.9. The third-order valence-electron chi connectivity index (χ3n) is 2.71. The van der Waals surface area contributed by atoms with Gasteiger partial charge < -0.3 is 9.73 Å². The van der Waals surface area contributed by atoms with Crippen LogP contribution < -0.4 is 5.32 Å². The molecule has 0 spiro atoms. The molecule has 5 heteroatoms. The molecule has 0 radical (unpaired) electrons. The quantitative estimate of drug-likeness (QED) is 0.761. The molecular formula is C12H21NO3S. The number of rotatable bonds is 7. The van der Waals surface area contributed by atoms with Crippen LogP contribution in [0.25, 0.3) is 0 Å². The zero-order valence-corrected chi connectivity index (χ0v) is 11.5. The topological polar surface area (TPSA) is 59.3 Å². The van der Waals surface area contributed by atoms with Crippen LogP contribution in [0.5, 0.6) is 0 Å². The van der Waals surface area contributed by atoms with E-state index in [4.69, 9.17) is 4.42 Å². The Balaban J connectivity index is 2.28. The highest BCUT2D eigenvalue weighted by atomic mass is 32.2. The first-order chi connectivity index (χ1) is 7.94.